The van der Waals surface area contributed by atoms with E-state index in [0.717, 1.165) is 29.4 Å². The van der Waals surface area contributed by atoms with Gasteiger partial charge in [0.25, 0.3) is 0 Å². The molecule has 0 amide bonds. The molecule has 0 heterocycles. The Morgan fingerprint density at radius 3 is 2.62 bits per heavy atom. The second-order valence-electron chi connectivity index (χ2n) is 6.06. The van der Waals surface area contributed by atoms with Gasteiger partial charge in [0, 0.05) is 33.1 Å². The molecule has 6 heteroatoms. The van der Waals surface area contributed by atoms with Gasteiger partial charge in [-0.1, -0.05) is 37.3 Å². The first kappa shape index (κ1) is 22.2. The fourth-order valence-electron chi connectivity index (χ4n) is 2.80. The molecule has 1 N–H and O–H groups in total. The van der Waals surface area contributed by atoms with E-state index in [9.17, 15) is 4.39 Å². The summed E-state index contributed by atoms with van der Waals surface area (Å²) in [4.78, 5) is 6.30. The number of ether oxygens (including phenoxy) is 1. The van der Waals surface area contributed by atoms with Crippen molar-refractivity contribution in [3.05, 3.63) is 65.5 Å². The highest BCUT2D eigenvalue weighted by atomic mass is 127. The highest BCUT2D eigenvalue weighted by molar-refractivity contribution is 14.0. The molecule has 4 nitrogen and oxygen atoms in total. The lowest BCUT2D eigenvalue weighted by molar-refractivity contribution is 0.405. The smallest absolute Gasteiger partial charge is 0.193 e. The van der Waals surface area contributed by atoms with Crippen LogP contribution in [-0.4, -0.2) is 38.6 Å². The van der Waals surface area contributed by atoms with Gasteiger partial charge in [-0.2, -0.15) is 0 Å². The van der Waals surface area contributed by atoms with Gasteiger partial charge in [-0.05, 0) is 29.3 Å². The number of hydrogen-bond acceptors (Lipinski definition) is 2. The number of guanidine groups is 1. The van der Waals surface area contributed by atoms with Crippen LogP contribution in [-0.2, 0) is 6.54 Å². The zero-order valence-corrected chi connectivity index (χ0v) is 18.0. The lowest BCUT2D eigenvalue weighted by atomic mass is 10.0. The molecule has 1 unspecified atom stereocenters. The Bertz CT molecular complexity index is 724. The van der Waals surface area contributed by atoms with Crippen molar-refractivity contribution in [2.75, 3.05) is 27.7 Å². The molecule has 0 aromatic heterocycles. The molecule has 2 aromatic carbocycles. The van der Waals surface area contributed by atoms with Gasteiger partial charge in [0.15, 0.2) is 5.96 Å². The second-order valence-corrected chi connectivity index (χ2v) is 6.06. The summed E-state index contributed by atoms with van der Waals surface area (Å²) in [6.45, 7) is 3.45. The lowest BCUT2D eigenvalue weighted by Gasteiger charge is -2.24. The van der Waals surface area contributed by atoms with Gasteiger partial charge >= 0.3 is 0 Å². The average molecular weight is 471 g/mol. The number of benzene rings is 2. The van der Waals surface area contributed by atoms with E-state index in [4.69, 9.17) is 4.74 Å². The number of rotatable bonds is 6. The molecule has 0 spiro atoms. The number of aliphatic imine (C=N–C) groups is 1. The van der Waals surface area contributed by atoms with Crippen LogP contribution in [0.1, 0.15) is 24.0 Å². The molecule has 0 fully saturated rings. The van der Waals surface area contributed by atoms with Crippen LogP contribution in [0.4, 0.5) is 4.39 Å². The van der Waals surface area contributed by atoms with Crippen molar-refractivity contribution in [1.82, 2.24) is 10.2 Å². The fourth-order valence-corrected chi connectivity index (χ4v) is 2.80. The van der Waals surface area contributed by atoms with Crippen LogP contribution in [0.15, 0.2) is 53.5 Å². The molecule has 0 radical (unpaired) electrons. The van der Waals surface area contributed by atoms with E-state index in [1.807, 2.05) is 36.2 Å². The molecular weight excluding hydrogens is 444 g/mol. The number of halogens is 2. The zero-order valence-electron chi connectivity index (χ0n) is 15.7. The molecule has 26 heavy (non-hydrogen) atoms. The van der Waals surface area contributed by atoms with E-state index < -0.39 is 0 Å². The van der Waals surface area contributed by atoms with Gasteiger partial charge in [-0.25, -0.2) is 4.39 Å². The summed E-state index contributed by atoms with van der Waals surface area (Å²) >= 11 is 0. The minimum absolute atomic E-state index is 0. The molecule has 0 saturated heterocycles. The van der Waals surface area contributed by atoms with Crippen molar-refractivity contribution < 1.29 is 9.13 Å². The Morgan fingerprint density at radius 1 is 1.23 bits per heavy atom. The first-order valence-electron chi connectivity index (χ1n) is 8.34. The molecule has 1 atom stereocenters. The summed E-state index contributed by atoms with van der Waals surface area (Å²) in [5.74, 6) is 1.69. The van der Waals surface area contributed by atoms with Crippen LogP contribution in [0, 0.1) is 5.82 Å². The molecule has 2 aromatic rings. The lowest BCUT2D eigenvalue weighted by Crippen LogP contribution is -2.40. The van der Waals surface area contributed by atoms with Gasteiger partial charge < -0.3 is 15.0 Å². The largest absolute Gasteiger partial charge is 0.496 e. The predicted molar refractivity (Wildman–Crippen MR) is 116 cm³/mol. The zero-order chi connectivity index (χ0) is 18.2. The van der Waals surface area contributed by atoms with Crippen molar-refractivity contribution >= 4 is 29.9 Å². The quantitative estimate of drug-likeness (QED) is 0.389. The first-order valence-corrected chi connectivity index (χ1v) is 8.34. The molecule has 0 aliphatic rings. The summed E-state index contributed by atoms with van der Waals surface area (Å²) in [5.41, 5.74) is 2.06. The summed E-state index contributed by atoms with van der Waals surface area (Å²) in [5, 5.41) is 3.38. The standard InChI is InChI=1S/C20H26FN3O.HI/c1-15(18-10-5-6-11-19(18)25-4)13-23-20(22-2)24(3)14-16-8-7-9-17(21)12-16;/h5-12,15H,13-14H2,1-4H3,(H,22,23);1H. The van der Waals surface area contributed by atoms with Gasteiger partial charge in [0.1, 0.15) is 11.6 Å². The van der Waals surface area contributed by atoms with Gasteiger partial charge in [-0.15, -0.1) is 24.0 Å². The first-order chi connectivity index (χ1) is 12.0. The molecule has 142 valence electrons. The van der Waals surface area contributed by atoms with Crippen LogP contribution in [0.3, 0.4) is 0 Å². The second kappa shape index (κ2) is 11.0. The van der Waals surface area contributed by atoms with Crippen molar-refractivity contribution in [3.63, 3.8) is 0 Å². The molecule has 0 aliphatic heterocycles. The SMILES string of the molecule is CN=C(NCC(C)c1ccccc1OC)N(C)Cc1cccc(F)c1.I. The van der Waals surface area contributed by atoms with Crippen molar-refractivity contribution in [1.29, 1.82) is 0 Å². The third kappa shape index (κ3) is 6.16. The maximum absolute atomic E-state index is 13.3. The molecule has 2 rings (SSSR count). The summed E-state index contributed by atoms with van der Waals surface area (Å²) in [6.07, 6.45) is 0. The Balaban J connectivity index is 0.00000338. The maximum Gasteiger partial charge on any atom is 0.193 e. The third-order valence-electron chi connectivity index (χ3n) is 4.12. The van der Waals surface area contributed by atoms with E-state index in [-0.39, 0.29) is 35.7 Å². The maximum atomic E-state index is 13.3. The predicted octanol–water partition coefficient (Wildman–Crippen LogP) is 4.26. The molecule has 0 aliphatic carbocycles. The minimum Gasteiger partial charge on any atom is -0.496 e. The number of methoxy groups -OCH3 is 1. The van der Waals surface area contributed by atoms with E-state index >= 15 is 0 Å². The van der Waals surface area contributed by atoms with Crippen molar-refractivity contribution in [3.8, 4) is 5.75 Å². The Kier molecular flexibility index (Phi) is 9.40. The van der Waals surface area contributed by atoms with Crippen molar-refractivity contribution in [2.24, 2.45) is 4.99 Å². The third-order valence-corrected chi connectivity index (χ3v) is 4.12. The Labute approximate surface area is 172 Å². The van der Waals surface area contributed by atoms with Gasteiger partial charge in [0.05, 0.1) is 7.11 Å². The van der Waals surface area contributed by atoms with E-state index in [0.29, 0.717) is 6.54 Å². The molecule has 0 bridgehead atoms. The summed E-state index contributed by atoms with van der Waals surface area (Å²) < 4.78 is 18.8. The van der Waals surface area contributed by atoms with E-state index in [2.05, 4.69) is 23.3 Å². The number of hydrogen-bond donors (Lipinski definition) is 1. The molecular formula is C20H27FIN3O. The van der Waals surface area contributed by atoms with Crippen LogP contribution in [0.2, 0.25) is 0 Å². The minimum atomic E-state index is -0.223. The van der Waals surface area contributed by atoms with E-state index in [1.165, 1.54) is 6.07 Å². The van der Waals surface area contributed by atoms with Gasteiger partial charge in [0.2, 0.25) is 0 Å². The monoisotopic (exact) mass is 471 g/mol. The van der Waals surface area contributed by atoms with Crippen LogP contribution < -0.4 is 10.1 Å². The summed E-state index contributed by atoms with van der Waals surface area (Å²) in [6, 6.07) is 14.6. The number of nitrogens with one attached hydrogen (secondary N) is 1. The van der Waals surface area contributed by atoms with Crippen molar-refractivity contribution in [2.45, 2.75) is 19.4 Å². The molecule has 0 saturated carbocycles. The highest BCUT2D eigenvalue weighted by Crippen LogP contribution is 2.25. The topological polar surface area (TPSA) is 36.9 Å². The van der Waals surface area contributed by atoms with Crippen LogP contribution >= 0.6 is 24.0 Å². The average Bonchev–Trinajstić information content (AvgIpc) is 2.62. The van der Waals surface area contributed by atoms with Crippen LogP contribution in [0.25, 0.3) is 0 Å². The highest BCUT2D eigenvalue weighted by Gasteiger charge is 2.13. The Hall–Kier alpha value is -1.83. The number of para-hydroxylation sites is 1. The van der Waals surface area contributed by atoms with Gasteiger partial charge in [-0.3, -0.25) is 4.99 Å². The number of nitrogens with zero attached hydrogens (tertiary/aromatic N) is 2. The van der Waals surface area contributed by atoms with E-state index in [1.54, 1.807) is 26.3 Å². The Morgan fingerprint density at radius 2 is 1.96 bits per heavy atom. The summed E-state index contributed by atoms with van der Waals surface area (Å²) in [7, 11) is 5.37. The fraction of sp³-hybridized carbons (Fsp3) is 0.350. The van der Waals surface area contributed by atoms with Crippen LogP contribution in [0.5, 0.6) is 5.75 Å². The normalized spacial score (nSPS) is 12.1.